The van der Waals surface area contributed by atoms with E-state index in [0.717, 1.165) is 5.56 Å². The lowest BCUT2D eigenvalue weighted by Gasteiger charge is -2.10. The van der Waals surface area contributed by atoms with Crippen molar-refractivity contribution in [2.45, 2.75) is 18.4 Å². The van der Waals surface area contributed by atoms with Crippen LogP contribution >= 0.6 is 23.4 Å². The highest BCUT2D eigenvalue weighted by molar-refractivity contribution is 7.98. The molecule has 2 aromatic carbocycles. The Morgan fingerprint density at radius 1 is 1.26 bits per heavy atom. The second kappa shape index (κ2) is 8.45. The monoisotopic (exact) mass is 402 g/mol. The molecule has 1 aromatic heterocycles. The van der Waals surface area contributed by atoms with Crippen molar-refractivity contribution in [2.24, 2.45) is 0 Å². The average molecular weight is 403 g/mol. The third-order valence-electron chi connectivity index (χ3n) is 4.09. The maximum absolute atomic E-state index is 12.5. The molecule has 0 aliphatic heterocycles. The van der Waals surface area contributed by atoms with Gasteiger partial charge < -0.3 is 10.1 Å². The first-order valence-corrected chi connectivity index (χ1v) is 9.81. The van der Waals surface area contributed by atoms with Gasteiger partial charge in [0, 0.05) is 16.5 Å². The number of hydrogen-bond donors (Lipinski definition) is 1. The van der Waals surface area contributed by atoms with Crippen LogP contribution in [0, 0.1) is 6.92 Å². The minimum absolute atomic E-state index is 0.262. The van der Waals surface area contributed by atoms with Crippen LogP contribution in [0.4, 0.5) is 0 Å². The predicted molar refractivity (Wildman–Crippen MR) is 107 cm³/mol. The van der Waals surface area contributed by atoms with Crippen molar-refractivity contribution < 1.29 is 9.53 Å². The van der Waals surface area contributed by atoms with Crippen molar-refractivity contribution in [2.75, 3.05) is 13.4 Å². The summed E-state index contributed by atoms with van der Waals surface area (Å²) >= 11 is 7.76. The SMILES string of the molecule is COc1ccc(Cl)cc1-n1nnc(C(=O)NCc2ccc(SC)cc2)c1C. The van der Waals surface area contributed by atoms with Gasteiger partial charge in [0.2, 0.25) is 0 Å². The normalized spacial score (nSPS) is 10.7. The highest BCUT2D eigenvalue weighted by atomic mass is 35.5. The fraction of sp³-hybridized carbons (Fsp3) is 0.211. The number of hydrogen-bond acceptors (Lipinski definition) is 5. The van der Waals surface area contributed by atoms with E-state index in [0.29, 0.717) is 28.7 Å². The smallest absolute Gasteiger partial charge is 0.274 e. The molecule has 140 valence electrons. The number of nitrogens with one attached hydrogen (secondary N) is 1. The summed E-state index contributed by atoms with van der Waals surface area (Å²) in [5.74, 6) is 0.307. The van der Waals surface area contributed by atoms with Gasteiger partial charge in [0.1, 0.15) is 11.4 Å². The first-order chi connectivity index (χ1) is 13.0. The number of aromatic nitrogens is 3. The van der Waals surface area contributed by atoms with E-state index >= 15 is 0 Å². The molecule has 3 aromatic rings. The van der Waals surface area contributed by atoms with E-state index < -0.39 is 0 Å². The lowest BCUT2D eigenvalue weighted by Crippen LogP contribution is -2.24. The quantitative estimate of drug-likeness (QED) is 0.633. The molecular weight excluding hydrogens is 384 g/mol. The van der Waals surface area contributed by atoms with Crippen LogP contribution in [0.1, 0.15) is 21.7 Å². The van der Waals surface area contributed by atoms with Crippen LogP contribution in [-0.2, 0) is 6.54 Å². The minimum Gasteiger partial charge on any atom is -0.494 e. The maximum Gasteiger partial charge on any atom is 0.274 e. The molecule has 1 amide bonds. The van der Waals surface area contributed by atoms with E-state index in [2.05, 4.69) is 15.6 Å². The molecule has 8 heteroatoms. The average Bonchev–Trinajstić information content (AvgIpc) is 3.07. The summed E-state index contributed by atoms with van der Waals surface area (Å²) in [6, 6.07) is 13.2. The zero-order chi connectivity index (χ0) is 19.4. The second-order valence-electron chi connectivity index (χ2n) is 5.78. The van der Waals surface area contributed by atoms with E-state index in [1.165, 1.54) is 4.90 Å². The molecule has 0 aliphatic rings. The molecule has 0 atom stereocenters. The van der Waals surface area contributed by atoms with Gasteiger partial charge in [-0.2, -0.15) is 0 Å². The van der Waals surface area contributed by atoms with E-state index in [4.69, 9.17) is 16.3 Å². The van der Waals surface area contributed by atoms with E-state index in [1.807, 2.05) is 30.5 Å². The Hall–Kier alpha value is -2.51. The van der Waals surface area contributed by atoms with Crippen LogP contribution < -0.4 is 10.1 Å². The van der Waals surface area contributed by atoms with Crippen LogP contribution in [-0.4, -0.2) is 34.3 Å². The number of benzene rings is 2. The van der Waals surface area contributed by atoms with Gasteiger partial charge in [0.05, 0.1) is 12.8 Å². The van der Waals surface area contributed by atoms with Crippen LogP contribution in [0.5, 0.6) is 5.75 Å². The lowest BCUT2D eigenvalue weighted by molar-refractivity contribution is 0.0945. The summed E-state index contributed by atoms with van der Waals surface area (Å²) in [4.78, 5) is 13.7. The first kappa shape index (κ1) is 19.3. The van der Waals surface area contributed by atoms with Crippen molar-refractivity contribution in [1.82, 2.24) is 20.3 Å². The van der Waals surface area contributed by atoms with Gasteiger partial charge in [0.15, 0.2) is 5.69 Å². The number of carbonyl (C=O) groups excluding carboxylic acids is 1. The van der Waals surface area contributed by atoms with Gasteiger partial charge in [-0.1, -0.05) is 28.9 Å². The Morgan fingerprint density at radius 2 is 2.00 bits per heavy atom. The topological polar surface area (TPSA) is 69.0 Å². The predicted octanol–water partition coefficient (Wildman–Crippen LogP) is 3.89. The highest BCUT2D eigenvalue weighted by Crippen LogP contribution is 2.27. The summed E-state index contributed by atoms with van der Waals surface area (Å²) in [5, 5.41) is 11.6. The maximum atomic E-state index is 12.5. The second-order valence-corrected chi connectivity index (χ2v) is 7.10. The Morgan fingerprint density at radius 3 is 2.67 bits per heavy atom. The Balaban J connectivity index is 1.78. The number of halogens is 1. The number of amides is 1. The van der Waals surface area contributed by atoms with Crippen LogP contribution in [0.2, 0.25) is 5.02 Å². The molecule has 0 saturated carbocycles. The third kappa shape index (κ3) is 4.26. The van der Waals surface area contributed by atoms with Gasteiger partial charge >= 0.3 is 0 Å². The molecule has 1 N–H and O–H groups in total. The van der Waals surface area contributed by atoms with Crippen molar-refractivity contribution in [3.63, 3.8) is 0 Å². The number of carbonyl (C=O) groups is 1. The van der Waals surface area contributed by atoms with Gasteiger partial charge in [-0.3, -0.25) is 4.79 Å². The van der Waals surface area contributed by atoms with E-state index in [9.17, 15) is 4.79 Å². The number of rotatable bonds is 6. The van der Waals surface area contributed by atoms with Gasteiger partial charge in [0.25, 0.3) is 5.91 Å². The summed E-state index contributed by atoms with van der Waals surface area (Å²) < 4.78 is 6.90. The summed E-state index contributed by atoms with van der Waals surface area (Å²) in [6.07, 6.45) is 2.03. The van der Waals surface area contributed by atoms with Crippen molar-refractivity contribution in [3.05, 3.63) is 64.4 Å². The molecule has 0 radical (unpaired) electrons. The number of ether oxygens (including phenoxy) is 1. The number of methoxy groups -OCH3 is 1. The molecule has 0 bridgehead atoms. The molecule has 1 heterocycles. The Bertz CT molecular complexity index is 957. The Labute approximate surface area is 166 Å². The summed E-state index contributed by atoms with van der Waals surface area (Å²) in [7, 11) is 1.56. The lowest BCUT2D eigenvalue weighted by atomic mass is 10.2. The third-order valence-corrected chi connectivity index (χ3v) is 5.07. The molecule has 27 heavy (non-hydrogen) atoms. The van der Waals surface area contributed by atoms with Crippen LogP contribution in [0.15, 0.2) is 47.4 Å². The Kier molecular flexibility index (Phi) is 6.03. The van der Waals surface area contributed by atoms with Crippen LogP contribution in [0.3, 0.4) is 0 Å². The molecule has 0 fully saturated rings. The highest BCUT2D eigenvalue weighted by Gasteiger charge is 2.19. The van der Waals surface area contributed by atoms with E-state index in [-0.39, 0.29) is 11.6 Å². The molecular formula is C19H19ClN4O2S. The fourth-order valence-electron chi connectivity index (χ4n) is 2.61. The molecule has 0 unspecified atom stereocenters. The van der Waals surface area contributed by atoms with Crippen molar-refractivity contribution in [1.29, 1.82) is 0 Å². The fourth-order valence-corrected chi connectivity index (χ4v) is 3.18. The zero-order valence-electron chi connectivity index (χ0n) is 15.2. The minimum atomic E-state index is -0.284. The van der Waals surface area contributed by atoms with Crippen molar-refractivity contribution in [3.8, 4) is 11.4 Å². The summed E-state index contributed by atoms with van der Waals surface area (Å²) in [5.41, 5.74) is 2.51. The first-order valence-electron chi connectivity index (χ1n) is 8.21. The molecule has 6 nitrogen and oxygen atoms in total. The number of nitrogens with zero attached hydrogens (tertiary/aromatic N) is 3. The molecule has 3 rings (SSSR count). The van der Waals surface area contributed by atoms with Gasteiger partial charge in [-0.15, -0.1) is 16.9 Å². The molecule has 0 spiro atoms. The van der Waals surface area contributed by atoms with Gasteiger partial charge in [-0.05, 0) is 49.1 Å². The van der Waals surface area contributed by atoms with Gasteiger partial charge in [-0.25, -0.2) is 4.68 Å². The molecule has 0 aliphatic carbocycles. The van der Waals surface area contributed by atoms with Crippen LogP contribution in [0.25, 0.3) is 5.69 Å². The summed E-state index contributed by atoms with van der Waals surface area (Å²) in [6.45, 7) is 2.20. The zero-order valence-corrected chi connectivity index (χ0v) is 16.8. The van der Waals surface area contributed by atoms with Crippen molar-refractivity contribution >= 4 is 29.3 Å². The van der Waals surface area contributed by atoms with E-state index in [1.54, 1.807) is 48.7 Å². The largest absolute Gasteiger partial charge is 0.494 e. The number of thioether (sulfide) groups is 1. The molecule has 0 saturated heterocycles. The standard InChI is InChI=1S/C19H19ClN4O2S/c1-12-18(19(25)21-11-13-4-7-15(27-3)8-5-13)22-23-24(12)16-10-14(20)6-9-17(16)26-2/h4-10H,11H2,1-3H3,(H,21,25).